The van der Waals surface area contributed by atoms with Gasteiger partial charge in [0, 0.05) is 12.0 Å². The zero-order valence-electron chi connectivity index (χ0n) is 10.3. The summed E-state index contributed by atoms with van der Waals surface area (Å²) >= 11 is 0. The molecular formula is C16H20O. The summed E-state index contributed by atoms with van der Waals surface area (Å²) in [5.41, 5.74) is 2.01. The summed E-state index contributed by atoms with van der Waals surface area (Å²) in [7, 11) is 0. The van der Waals surface area contributed by atoms with Crippen molar-refractivity contribution in [2.45, 2.75) is 32.1 Å². The van der Waals surface area contributed by atoms with Crippen LogP contribution in [0.4, 0.5) is 0 Å². The molecule has 0 aliphatic heterocycles. The number of carbonyl (C=O) groups is 1. The minimum Gasteiger partial charge on any atom is -0.294 e. The van der Waals surface area contributed by atoms with Crippen LogP contribution in [-0.2, 0) is 6.42 Å². The van der Waals surface area contributed by atoms with E-state index in [1.54, 1.807) is 0 Å². The fraction of sp³-hybridized carbons (Fsp3) is 0.312. The van der Waals surface area contributed by atoms with Crippen LogP contribution < -0.4 is 0 Å². The third-order valence-electron chi connectivity index (χ3n) is 2.75. The molecule has 0 atom stereocenters. The molecule has 0 bridgehead atoms. The first kappa shape index (κ1) is 13.4. The highest BCUT2D eigenvalue weighted by atomic mass is 16.1. The van der Waals surface area contributed by atoms with Gasteiger partial charge >= 0.3 is 0 Å². The van der Waals surface area contributed by atoms with Crippen molar-refractivity contribution < 1.29 is 4.79 Å². The maximum atomic E-state index is 12.0. The Morgan fingerprint density at radius 3 is 2.53 bits per heavy atom. The maximum absolute atomic E-state index is 12.0. The van der Waals surface area contributed by atoms with Crippen LogP contribution in [-0.4, -0.2) is 5.78 Å². The van der Waals surface area contributed by atoms with Crippen molar-refractivity contribution in [2.75, 3.05) is 0 Å². The third kappa shape index (κ3) is 4.39. The Hall–Kier alpha value is -1.63. The predicted molar refractivity (Wildman–Crippen MR) is 73.3 cm³/mol. The summed E-state index contributed by atoms with van der Waals surface area (Å²) in [4.78, 5) is 12.0. The van der Waals surface area contributed by atoms with Crippen molar-refractivity contribution in [1.82, 2.24) is 0 Å². The van der Waals surface area contributed by atoms with Gasteiger partial charge in [0.25, 0.3) is 0 Å². The van der Waals surface area contributed by atoms with Crippen LogP contribution in [0.1, 0.15) is 41.6 Å². The second-order valence-corrected chi connectivity index (χ2v) is 4.09. The molecule has 1 nitrogen and oxygen atoms in total. The van der Waals surface area contributed by atoms with E-state index in [-0.39, 0.29) is 5.78 Å². The van der Waals surface area contributed by atoms with Crippen LogP contribution in [0, 0.1) is 0 Å². The first-order valence-electron chi connectivity index (χ1n) is 6.12. The number of hydrogen-bond acceptors (Lipinski definition) is 1. The molecule has 1 aromatic carbocycles. The van der Waals surface area contributed by atoms with Crippen LogP contribution in [0.2, 0.25) is 0 Å². The van der Waals surface area contributed by atoms with Crippen molar-refractivity contribution in [3.63, 3.8) is 0 Å². The first-order chi connectivity index (χ1) is 8.29. The number of rotatable bonds is 8. The lowest BCUT2D eigenvalue weighted by Gasteiger charge is -2.07. The van der Waals surface area contributed by atoms with Crippen molar-refractivity contribution in [2.24, 2.45) is 0 Å². The Morgan fingerprint density at radius 2 is 1.82 bits per heavy atom. The van der Waals surface area contributed by atoms with Gasteiger partial charge in [-0.2, -0.15) is 0 Å². The van der Waals surface area contributed by atoms with Gasteiger partial charge in [0.15, 0.2) is 5.78 Å². The zero-order valence-corrected chi connectivity index (χ0v) is 10.3. The number of aryl methyl sites for hydroxylation is 1. The minimum absolute atomic E-state index is 0.242. The third-order valence-corrected chi connectivity index (χ3v) is 2.75. The number of hydrogen-bond donors (Lipinski definition) is 0. The summed E-state index contributed by atoms with van der Waals surface area (Å²) < 4.78 is 0. The van der Waals surface area contributed by atoms with Gasteiger partial charge in [-0.3, -0.25) is 4.79 Å². The molecule has 1 aromatic rings. The highest BCUT2D eigenvalue weighted by molar-refractivity contribution is 5.97. The van der Waals surface area contributed by atoms with E-state index in [0.29, 0.717) is 6.42 Å². The average molecular weight is 228 g/mol. The van der Waals surface area contributed by atoms with Gasteiger partial charge in [-0.1, -0.05) is 36.4 Å². The molecular weight excluding hydrogens is 208 g/mol. The van der Waals surface area contributed by atoms with Crippen LogP contribution >= 0.6 is 0 Å². The lowest BCUT2D eigenvalue weighted by atomic mass is 9.97. The number of Topliss-reactive ketones (excluding diaryl/α,β-unsaturated/α-hetero) is 1. The van der Waals surface area contributed by atoms with E-state index in [4.69, 9.17) is 0 Å². The summed E-state index contributed by atoms with van der Waals surface area (Å²) in [5.74, 6) is 0.242. The lowest BCUT2D eigenvalue weighted by molar-refractivity contribution is 0.0979. The zero-order chi connectivity index (χ0) is 12.5. The normalized spacial score (nSPS) is 9.88. The number of benzene rings is 1. The molecule has 0 saturated heterocycles. The van der Waals surface area contributed by atoms with Crippen LogP contribution in [0.15, 0.2) is 49.6 Å². The number of carbonyl (C=O) groups excluding carboxylic acids is 1. The lowest BCUT2D eigenvalue weighted by Crippen LogP contribution is -2.03. The molecule has 1 heteroatoms. The smallest absolute Gasteiger partial charge is 0.163 e. The molecule has 0 heterocycles. The quantitative estimate of drug-likeness (QED) is 0.367. The van der Waals surface area contributed by atoms with Crippen LogP contribution in [0.3, 0.4) is 0 Å². The second kappa shape index (κ2) is 7.61. The van der Waals surface area contributed by atoms with Gasteiger partial charge in [0.05, 0.1) is 0 Å². The van der Waals surface area contributed by atoms with Crippen molar-refractivity contribution in [3.05, 3.63) is 60.7 Å². The van der Waals surface area contributed by atoms with E-state index in [1.165, 1.54) is 0 Å². The molecule has 0 fully saturated rings. The predicted octanol–water partition coefficient (Wildman–Crippen LogP) is 4.34. The van der Waals surface area contributed by atoms with E-state index in [9.17, 15) is 4.79 Å². The van der Waals surface area contributed by atoms with Crippen LogP contribution in [0.5, 0.6) is 0 Å². The first-order valence-corrected chi connectivity index (χ1v) is 6.12. The molecule has 0 spiro atoms. The molecule has 0 unspecified atom stereocenters. The topological polar surface area (TPSA) is 17.1 Å². The molecule has 90 valence electrons. The van der Waals surface area contributed by atoms with Gasteiger partial charge in [0.2, 0.25) is 0 Å². The molecule has 1 rings (SSSR count). The molecule has 0 saturated carbocycles. The van der Waals surface area contributed by atoms with E-state index in [0.717, 1.165) is 36.8 Å². The van der Waals surface area contributed by atoms with Gasteiger partial charge in [-0.15, -0.1) is 13.2 Å². The van der Waals surface area contributed by atoms with E-state index in [1.807, 2.05) is 36.4 Å². The molecule has 17 heavy (non-hydrogen) atoms. The Kier molecular flexibility index (Phi) is 6.02. The van der Waals surface area contributed by atoms with Crippen molar-refractivity contribution >= 4 is 5.78 Å². The monoisotopic (exact) mass is 228 g/mol. The van der Waals surface area contributed by atoms with E-state index in [2.05, 4.69) is 13.2 Å². The van der Waals surface area contributed by atoms with Gasteiger partial charge in [0.1, 0.15) is 0 Å². The summed E-state index contributed by atoms with van der Waals surface area (Å²) in [6.07, 6.45) is 7.95. The summed E-state index contributed by atoms with van der Waals surface area (Å²) in [5, 5.41) is 0. The number of ketones is 1. The fourth-order valence-electron chi connectivity index (χ4n) is 1.81. The number of unbranched alkanes of at least 4 members (excludes halogenated alkanes) is 1. The second-order valence-electron chi connectivity index (χ2n) is 4.09. The maximum Gasteiger partial charge on any atom is 0.163 e. The molecule has 0 aliphatic rings. The molecule has 0 aliphatic carbocycles. The van der Waals surface area contributed by atoms with E-state index < -0.39 is 0 Å². The van der Waals surface area contributed by atoms with E-state index >= 15 is 0 Å². The molecule has 0 radical (unpaired) electrons. The minimum atomic E-state index is 0.242. The Balaban J connectivity index is 2.70. The Bertz CT molecular complexity index is 390. The van der Waals surface area contributed by atoms with Gasteiger partial charge in [-0.05, 0) is 31.2 Å². The molecule has 0 amide bonds. The summed E-state index contributed by atoms with van der Waals surface area (Å²) in [6, 6.07) is 7.87. The largest absolute Gasteiger partial charge is 0.294 e. The Labute approximate surface area is 104 Å². The highest BCUT2D eigenvalue weighted by Crippen LogP contribution is 2.15. The fourth-order valence-corrected chi connectivity index (χ4v) is 1.81. The summed E-state index contributed by atoms with van der Waals surface area (Å²) in [6.45, 7) is 7.38. The Morgan fingerprint density at radius 1 is 1.12 bits per heavy atom. The number of allylic oxidation sites excluding steroid dienone is 2. The average Bonchev–Trinajstić information content (AvgIpc) is 2.37. The standard InChI is InChI=1S/C16H20O/c1-3-5-7-13-16(17)15-12-9-8-11-14(15)10-6-4-2/h3-4,8-9,11-12H,1-2,5-7,10,13H2. The van der Waals surface area contributed by atoms with Gasteiger partial charge < -0.3 is 0 Å². The highest BCUT2D eigenvalue weighted by Gasteiger charge is 2.09. The molecule has 0 N–H and O–H groups in total. The molecule has 0 aromatic heterocycles. The van der Waals surface area contributed by atoms with Gasteiger partial charge in [-0.25, -0.2) is 0 Å². The van der Waals surface area contributed by atoms with Crippen molar-refractivity contribution in [1.29, 1.82) is 0 Å². The van der Waals surface area contributed by atoms with Crippen LogP contribution in [0.25, 0.3) is 0 Å². The SMILES string of the molecule is C=CCCCC(=O)c1ccccc1CCC=C. The van der Waals surface area contributed by atoms with Crippen molar-refractivity contribution in [3.8, 4) is 0 Å².